The highest BCUT2D eigenvalue weighted by atomic mass is 19.1. The van der Waals surface area contributed by atoms with Gasteiger partial charge in [0.25, 0.3) is 5.91 Å². The Labute approximate surface area is 218 Å². The second-order valence-electron chi connectivity index (χ2n) is 11.4. The van der Waals surface area contributed by atoms with Crippen LogP contribution in [0.25, 0.3) is 11.1 Å². The smallest absolute Gasteiger partial charge is 0.404 e. The van der Waals surface area contributed by atoms with Gasteiger partial charge in [0.1, 0.15) is 5.82 Å². The van der Waals surface area contributed by atoms with Gasteiger partial charge in [-0.15, -0.1) is 0 Å². The van der Waals surface area contributed by atoms with Gasteiger partial charge in [-0.1, -0.05) is 50.2 Å². The molecule has 5 atom stereocenters. The summed E-state index contributed by atoms with van der Waals surface area (Å²) in [6, 6.07) is 14.2. The second-order valence-corrected chi connectivity index (χ2v) is 11.4. The lowest BCUT2D eigenvalue weighted by atomic mass is 9.43. The number of nitrogens with one attached hydrogen (secondary N) is 1. The third-order valence-electron chi connectivity index (χ3n) is 8.90. The summed E-state index contributed by atoms with van der Waals surface area (Å²) >= 11 is 0. The van der Waals surface area contributed by atoms with Gasteiger partial charge in [0.15, 0.2) is 5.96 Å². The van der Waals surface area contributed by atoms with Gasteiger partial charge in [-0.25, -0.2) is 4.39 Å². The van der Waals surface area contributed by atoms with Gasteiger partial charge in [-0.3, -0.25) is 9.79 Å². The monoisotopic (exact) mass is 506 g/mol. The van der Waals surface area contributed by atoms with Crippen LogP contribution in [0.15, 0.2) is 53.5 Å². The van der Waals surface area contributed by atoms with Crippen LogP contribution in [0.3, 0.4) is 0 Å². The molecule has 2 aromatic rings. The van der Waals surface area contributed by atoms with Gasteiger partial charge in [0.2, 0.25) is 0 Å². The highest BCUT2D eigenvalue weighted by molar-refractivity contribution is 6.48. The predicted molar refractivity (Wildman–Crippen MR) is 143 cm³/mol. The fourth-order valence-electron chi connectivity index (χ4n) is 6.62. The average molecular weight is 506 g/mol. The Morgan fingerprint density at radius 1 is 1.16 bits per heavy atom. The summed E-state index contributed by atoms with van der Waals surface area (Å²) in [6.45, 7) is 7.17. The Morgan fingerprint density at radius 2 is 1.92 bits per heavy atom. The molecule has 3 aliphatic carbocycles. The van der Waals surface area contributed by atoms with Crippen LogP contribution >= 0.6 is 0 Å². The van der Waals surface area contributed by atoms with Crippen LogP contribution in [0.2, 0.25) is 0 Å². The Balaban J connectivity index is 1.33. The zero-order valence-corrected chi connectivity index (χ0v) is 21.7. The molecule has 1 heterocycles. The number of hydrogen-bond acceptors (Lipinski definition) is 4. The minimum Gasteiger partial charge on any atom is -0.404 e. The van der Waals surface area contributed by atoms with Crippen LogP contribution in [-0.2, 0) is 9.31 Å². The van der Waals surface area contributed by atoms with Crippen molar-refractivity contribution in [3.63, 3.8) is 0 Å². The van der Waals surface area contributed by atoms with E-state index in [-0.39, 0.29) is 23.0 Å². The van der Waals surface area contributed by atoms with E-state index in [1.165, 1.54) is 12.1 Å². The molecular weight excluding hydrogens is 470 g/mol. The first-order valence-corrected chi connectivity index (χ1v) is 13.1. The van der Waals surface area contributed by atoms with Crippen molar-refractivity contribution >= 4 is 19.0 Å². The van der Waals surface area contributed by atoms with E-state index in [0.717, 1.165) is 18.4 Å². The maximum absolute atomic E-state index is 15.1. The summed E-state index contributed by atoms with van der Waals surface area (Å²) < 4.78 is 28.1. The largest absolute Gasteiger partial charge is 0.481 e. The number of guanidine groups is 1. The highest BCUT2D eigenvalue weighted by Gasteiger charge is 2.68. The van der Waals surface area contributed by atoms with E-state index in [2.05, 4.69) is 31.1 Å². The number of hydrogen-bond donors (Lipinski definition) is 3. The normalized spacial score (nSPS) is 28.1. The molecule has 6 rings (SSSR count). The van der Waals surface area contributed by atoms with Crippen molar-refractivity contribution in [3.8, 4) is 11.1 Å². The summed E-state index contributed by atoms with van der Waals surface area (Å²) in [7, 11) is -0.625. The van der Waals surface area contributed by atoms with Crippen molar-refractivity contribution < 1.29 is 18.5 Å². The minimum atomic E-state index is -0.625. The van der Waals surface area contributed by atoms with E-state index in [0.29, 0.717) is 36.8 Å². The number of benzene rings is 2. The first-order chi connectivity index (χ1) is 17.6. The lowest BCUT2D eigenvalue weighted by Crippen LogP contribution is -2.65. The molecule has 5 N–H and O–H groups in total. The maximum atomic E-state index is 15.1. The van der Waals surface area contributed by atoms with Gasteiger partial charge < -0.3 is 26.1 Å². The van der Waals surface area contributed by atoms with Crippen LogP contribution in [0.4, 0.5) is 4.39 Å². The van der Waals surface area contributed by atoms with Crippen LogP contribution in [0.1, 0.15) is 56.8 Å². The Kier molecular flexibility index (Phi) is 6.79. The minimum absolute atomic E-state index is 0.0149. The molecule has 37 heavy (non-hydrogen) atoms. The van der Waals surface area contributed by atoms with Gasteiger partial charge in [-0.05, 0) is 73.1 Å². The third-order valence-corrected chi connectivity index (χ3v) is 8.90. The Bertz CT molecular complexity index is 1190. The van der Waals surface area contributed by atoms with E-state index in [1.54, 1.807) is 6.07 Å². The lowest BCUT2D eigenvalue weighted by molar-refractivity contribution is -0.199. The number of nitrogens with two attached hydrogens (primary N) is 2. The van der Waals surface area contributed by atoms with Crippen molar-refractivity contribution in [2.24, 2.45) is 33.7 Å². The van der Waals surface area contributed by atoms with Gasteiger partial charge in [-0.2, -0.15) is 0 Å². The third kappa shape index (κ3) is 4.75. The zero-order valence-electron chi connectivity index (χ0n) is 21.7. The molecule has 0 spiro atoms. The van der Waals surface area contributed by atoms with Crippen LogP contribution in [0, 0.1) is 23.1 Å². The molecule has 7 nitrogen and oxygen atoms in total. The number of amides is 1. The maximum Gasteiger partial charge on any atom is 0.481 e. The number of halogens is 1. The summed E-state index contributed by atoms with van der Waals surface area (Å²) in [5.41, 5.74) is 12.3. The molecule has 0 aromatic heterocycles. The molecular formula is C28H36BFN4O3. The number of carbonyl (C=O) groups is 1. The summed E-state index contributed by atoms with van der Waals surface area (Å²) in [4.78, 5) is 17.3. The standard InChI is InChI=1S/C28H36BFN4O3/c1-27(2)19-15-22(27)28(3)23(16-19)36-29(37-28)24(10-7-13-33-26(31)32)34-25(35)20-12-11-18(14-21(20)30)17-8-5-4-6-9-17/h4-6,8-9,11-12,14,19,22-24H,7,10,13,15-16H2,1-3H3,(H,34,35)(H4,31,32,33)/t19?,22?,23-,24+,28+/m1/s1. The van der Waals surface area contributed by atoms with E-state index in [4.69, 9.17) is 20.8 Å². The van der Waals surface area contributed by atoms with E-state index in [9.17, 15) is 4.79 Å². The summed E-state index contributed by atoms with van der Waals surface area (Å²) in [5.74, 6) is -0.511. The molecule has 2 aromatic carbocycles. The van der Waals surface area contributed by atoms with Crippen molar-refractivity contribution in [1.29, 1.82) is 0 Å². The Morgan fingerprint density at radius 3 is 2.59 bits per heavy atom. The summed E-state index contributed by atoms with van der Waals surface area (Å²) in [6.07, 6.45) is 3.20. The fraction of sp³-hybridized carbons (Fsp3) is 0.500. The predicted octanol–water partition coefficient (Wildman–Crippen LogP) is 3.91. The van der Waals surface area contributed by atoms with Crippen LogP contribution in [0.5, 0.6) is 0 Å². The molecule has 2 unspecified atom stereocenters. The van der Waals surface area contributed by atoms with Crippen molar-refractivity contribution in [2.75, 3.05) is 6.54 Å². The first-order valence-electron chi connectivity index (χ1n) is 13.1. The van der Waals surface area contributed by atoms with Crippen molar-refractivity contribution in [1.82, 2.24) is 5.32 Å². The van der Waals surface area contributed by atoms with Crippen molar-refractivity contribution in [2.45, 2.75) is 64.1 Å². The van der Waals surface area contributed by atoms with Crippen LogP contribution in [-0.4, -0.2) is 43.2 Å². The number of nitrogens with zero attached hydrogens (tertiary/aromatic N) is 1. The summed E-state index contributed by atoms with van der Waals surface area (Å²) in [5, 5.41) is 3.00. The number of carbonyl (C=O) groups excluding carboxylic acids is 1. The zero-order chi connectivity index (χ0) is 26.4. The molecule has 9 heteroatoms. The molecule has 1 amide bonds. The topological polar surface area (TPSA) is 112 Å². The highest BCUT2D eigenvalue weighted by Crippen LogP contribution is 2.65. The number of rotatable bonds is 8. The molecule has 2 bridgehead atoms. The molecule has 196 valence electrons. The van der Waals surface area contributed by atoms with Gasteiger partial charge >= 0.3 is 7.12 Å². The molecule has 1 saturated heterocycles. The van der Waals surface area contributed by atoms with E-state index < -0.39 is 30.4 Å². The quantitative estimate of drug-likeness (QED) is 0.218. The molecule has 3 saturated carbocycles. The van der Waals surface area contributed by atoms with E-state index in [1.807, 2.05) is 30.3 Å². The average Bonchev–Trinajstić information content (AvgIpc) is 3.23. The van der Waals surface area contributed by atoms with Crippen molar-refractivity contribution in [3.05, 3.63) is 59.9 Å². The molecule has 4 fully saturated rings. The van der Waals surface area contributed by atoms with Gasteiger partial charge in [0, 0.05) is 6.54 Å². The van der Waals surface area contributed by atoms with Gasteiger partial charge in [0.05, 0.1) is 23.2 Å². The lowest BCUT2D eigenvalue weighted by Gasteiger charge is -2.64. The molecule has 1 aliphatic heterocycles. The molecule has 4 aliphatic rings. The van der Waals surface area contributed by atoms with E-state index >= 15 is 4.39 Å². The Hall–Kier alpha value is -2.91. The SMILES string of the molecule is CC1(C)C2CC1[C@]1(C)OB([C@H](CCCN=C(N)N)NC(=O)c3ccc(-c4ccccc4)cc3F)O[C@@H]1C2. The fourth-order valence-corrected chi connectivity index (χ4v) is 6.62. The molecule has 0 radical (unpaired) electrons. The first kappa shape index (κ1) is 25.7. The van der Waals surface area contributed by atoms with Crippen LogP contribution < -0.4 is 16.8 Å². The number of aliphatic imine (C=N–C) groups is 1. The second kappa shape index (κ2) is 9.76.